The summed E-state index contributed by atoms with van der Waals surface area (Å²) in [6, 6.07) is 7.68. The van der Waals surface area contributed by atoms with Gasteiger partial charge in [0.2, 0.25) is 5.91 Å². The van der Waals surface area contributed by atoms with Crippen LogP contribution in [0.25, 0.3) is 0 Å². The van der Waals surface area contributed by atoms with Crippen LogP contribution in [0.15, 0.2) is 28.7 Å². The Morgan fingerprint density at radius 2 is 2.22 bits per heavy atom. The van der Waals surface area contributed by atoms with Crippen LogP contribution in [0.3, 0.4) is 0 Å². The van der Waals surface area contributed by atoms with Gasteiger partial charge in [0.1, 0.15) is 6.04 Å². The highest BCUT2D eigenvalue weighted by Gasteiger charge is 2.29. The topological polar surface area (TPSA) is 35.6 Å². The predicted molar refractivity (Wildman–Crippen MR) is 76.8 cm³/mol. The summed E-state index contributed by atoms with van der Waals surface area (Å²) in [4.78, 5) is 16.3. The van der Waals surface area contributed by atoms with E-state index in [4.69, 9.17) is 0 Å². The Morgan fingerprint density at radius 1 is 1.50 bits per heavy atom. The third-order valence-corrected chi connectivity index (χ3v) is 4.01. The number of nitrogens with one attached hydrogen (secondary N) is 1. The van der Waals surface area contributed by atoms with Crippen LogP contribution in [-0.2, 0) is 4.79 Å². The molecule has 0 radical (unpaired) electrons. The molecular weight excluding hydrogens is 294 g/mol. The van der Waals surface area contributed by atoms with Gasteiger partial charge in [0.25, 0.3) is 0 Å². The van der Waals surface area contributed by atoms with E-state index in [1.54, 1.807) is 4.90 Å². The van der Waals surface area contributed by atoms with Crippen LogP contribution in [-0.4, -0.2) is 50.6 Å². The Morgan fingerprint density at radius 3 is 2.89 bits per heavy atom. The molecule has 2 rings (SSSR count). The molecule has 1 aromatic carbocycles. The van der Waals surface area contributed by atoms with Gasteiger partial charge in [-0.05, 0) is 35.1 Å². The molecule has 1 saturated heterocycles. The smallest absolute Gasteiger partial charge is 0.245 e. The Bertz CT molecular complexity index is 438. The molecule has 1 aliphatic heterocycles. The van der Waals surface area contributed by atoms with E-state index in [1.165, 1.54) is 0 Å². The minimum Gasteiger partial charge on any atom is -0.313 e. The van der Waals surface area contributed by atoms with Gasteiger partial charge >= 0.3 is 0 Å². The first kappa shape index (κ1) is 13.5. The molecule has 4 nitrogen and oxygen atoms in total. The number of hydrogen-bond donors (Lipinski definition) is 1. The average Bonchev–Trinajstić information content (AvgIpc) is 2.38. The number of likely N-dealkylation sites (N-methyl/N-ethyl adjacent to an activating group) is 2. The average molecular weight is 312 g/mol. The molecule has 1 aliphatic rings. The minimum atomic E-state index is -0.0872. The number of amides is 1. The number of nitrogens with zero attached hydrogens (tertiary/aromatic N) is 2. The SMILES string of the molecule is CN(C(=O)C1CNCCN1C)c1ccccc1Br. The largest absolute Gasteiger partial charge is 0.313 e. The Balaban J connectivity index is 2.16. The first-order chi connectivity index (χ1) is 8.61. The normalized spacial score (nSPS) is 20.7. The van der Waals surface area contributed by atoms with Crippen molar-refractivity contribution in [3.63, 3.8) is 0 Å². The van der Waals surface area contributed by atoms with Crippen molar-refractivity contribution in [3.05, 3.63) is 28.7 Å². The van der Waals surface area contributed by atoms with E-state index >= 15 is 0 Å². The lowest BCUT2D eigenvalue weighted by Crippen LogP contribution is -2.56. The first-order valence-corrected chi connectivity index (χ1v) is 6.83. The third-order valence-electron chi connectivity index (χ3n) is 3.34. The summed E-state index contributed by atoms with van der Waals surface area (Å²) in [5, 5.41) is 3.27. The lowest BCUT2D eigenvalue weighted by Gasteiger charge is -2.34. The second kappa shape index (κ2) is 5.82. The molecule has 0 saturated carbocycles. The van der Waals surface area contributed by atoms with Gasteiger partial charge in [-0.25, -0.2) is 0 Å². The maximum Gasteiger partial charge on any atom is 0.245 e. The van der Waals surface area contributed by atoms with Crippen molar-refractivity contribution >= 4 is 27.5 Å². The molecule has 1 N–H and O–H groups in total. The summed E-state index contributed by atoms with van der Waals surface area (Å²) >= 11 is 3.48. The zero-order valence-corrected chi connectivity index (χ0v) is 12.3. The fraction of sp³-hybridized carbons (Fsp3) is 0.462. The second-order valence-corrected chi connectivity index (χ2v) is 5.40. The number of carbonyl (C=O) groups excluding carboxylic acids is 1. The fourth-order valence-electron chi connectivity index (χ4n) is 2.15. The number of hydrogen-bond acceptors (Lipinski definition) is 3. The Hall–Kier alpha value is -0.910. The van der Waals surface area contributed by atoms with Crippen molar-refractivity contribution in [3.8, 4) is 0 Å². The second-order valence-electron chi connectivity index (χ2n) is 4.55. The van der Waals surface area contributed by atoms with Gasteiger partial charge in [0, 0.05) is 31.2 Å². The molecule has 1 aromatic rings. The standard InChI is InChI=1S/C13H18BrN3O/c1-16-8-7-15-9-12(16)13(18)17(2)11-6-4-3-5-10(11)14/h3-6,12,15H,7-9H2,1-2H3. The van der Waals surface area contributed by atoms with Crippen molar-refractivity contribution in [2.24, 2.45) is 0 Å². The van der Waals surface area contributed by atoms with E-state index in [1.807, 2.05) is 38.4 Å². The summed E-state index contributed by atoms with van der Waals surface area (Å²) in [6.07, 6.45) is 0. The molecule has 1 heterocycles. The molecule has 0 bridgehead atoms. The zero-order chi connectivity index (χ0) is 13.1. The van der Waals surface area contributed by atoms with Crippen LogP contribution in [0.4, 0.5) is 5.69 Å². The van der Waals surface area contributed by atoms with Crippen molar-refractivity contribution in [2.75, 3.05) is 38.6 Å². The van der Waals surface area contributed by atoms with Gasteiger partial charge in [-0.15, -0.1) is 0 Å². The number of piperazine rings is 1. The maximum absolute atomic E-state index is 12.5. The summed E-state index contributed by atoms with van der Waals surface area (Å²) in [5.41, 5.74) is 0.904. The van der Waals surface area contributed by atoms with E-state index in [0.29, 0.717) is 6.54 Å². The van der Waals surface area contributed by atoms with E-state index in [2.05, 4.69) is 26.1 Å². The highest BCUT2D eigenvalue weighted by atomic mass is 79.9. The molecule has 18 heavy (non-hydrogen) atoms. The number of anilines is 1. The van der Waals surface area contributed by atoms with Gasteiger partial charge in [0.15, 0.2) is 0 Å². The number of para-hydroxylation sites is 1. The highest BCUT2D eigenvalue weighted by molar-refractivity contribution is 9.10. The van der Waals surface area contributed by atoms with Gasteiger partial charge in [-0.1, -0.05) is 12.1 Å². The van der Waals surface area contributed by atoms with E-state index < -0.39 is 0 Å². The molecule has 1 unspecified atom stereocenters. The van der Waals surface area contributed by atoms with Gasteiger partial charge in [0.05, 0.1) is 5.69 Å². The predicted octanol–water partition coefficient (Wildman–Crippen LogP) is 1.32. The first-order valence-electron chi connectivity index (χ1n) is 6.04. The molecule has 0 aromatic heterocycles. The van der Waals surface area contributed by atoms with Crippen molar-refractivity contribution in [1.29, 1.82) is 0 Å². The molecule has 0 aliphatic carbocycles. The Kier molecular flexibility index (Phi) is 4.37. The van der Waals surface area contributed by atoms with Crippen LogP contribution in [0.5, 0.6) is 0 Å². The molecule has 1 atom stereocenters. The third kappa shape index (κ3) is 2.74. The molecule has 5 heteroatoms. The summed E-state index contributed by atoms with van der Waals surface area (Å²) in [6.45, 7) is 2.56. The fourth-order valence-corrected chi connectivity index (χ4v) is 2.70. The monoisotopic (exact) mass is 311 g/mol. The van der Waals surface area contributed by atoms with Crippen LogP contribution >= 0.6 is 15.9 Å². The van der Waals surface area contributed by atoms with Crippen molar-refractivity contribution in [2.45, 2.75) is 6.04 Å². The maximum atomic E-state index is 12.5. The van der Waals surface area contributed by atoms with E-state index in [9.17, 15) is 4.79 Å². The van der Waals surface area contributed by atoms with Crippen LogP contribution in [0.1, 0.15) is 0 Å². The highest BCUT2D eigenvalue weighted by Crippen LogP contribution is 2.25. The van der Waals surface area contributed by atoms with Gasteiger partial charge < -0.3 is 10.2 Å². The number of halogens is 1. The summed E-state index contributed by atoms with van der Waals surface area (Å²) in [7, 11) is 3.82. The van der Waals surface area contributed by atoms with E-state index in [-0.39, 0.29) is 11.9 Å². The summed E-state index contributed by atoms with van der Waals surface area (Å²) in [5.74, 6) is 0.122. The molecular formula is C13H18BrN3O. The molecule has 0 spiro atoms. The number of carbonyl (C=O) groups is 1. The van der Waals surface area contributed by atoms with Crippen molar-refractivity contribution < 1.29 is 4.79 Å². The number of benzene rings is 1. The minimum absolute atomic E-state index is 0.0872. The lowest BCUT2D eigenvalue weighted by molar-refractivity contribution is -0.123. The molecule has 1 amide bonds. The van der Waals surface area contributed by atoms with Crippen LogP contribution in [0.2, 0.25) is 0 Å². The van der Waals surface area contributed by atoms with Crippen LogP contribution in [0, 0.1) is 0 Å². The van der Waals surface area contributed by atoms with Crippen molar-refractivity contribution in [1.82, 2.24) is 10.2 Å². The Labute approximate surface area is 116 Å². The molecule has 98 valence electrons. The van der Waals surface area contributed by atoms with Gasteiger partial charge in [-0.2, -0.15) is 0 Å². The van der Waals surface area contributed by atoms with Crippen LogP contribution < -0.4 is 10.2 Å². The summed E-state index contributed by atoms with van der Waals surface area (Å²) < 4.78 is 0.937. The zero-order valence-electron chi connectivity index (χ0n) is 10.7. The van der Waals surface area contributed by atoms with E-state index in [0.717, 1.165) is 23.2 Å². The molecule has 1 fully saturated rings. The number of rotatable bonds is 2. The lowest BCUT2D eigenvalue weighted by atomic mass is 10.1. The quantitative estimate of drug-likeness (QED) is 0.894. The van der Waals surface area contributed by atoms with Gasteiger partial charge in [-0.3, -0.25) is 9.69 Å².